The molecule has 17 heavy (non-hydrogen) atoms. The minimum atomic E-state index is -3.77. The molecular formula is C10H17N3O3S. The first-order valence-electron chi connectivity index (χ1n) is 5.29. The highest BCUT2D eigenvalue weighted by molar-refractivity contribution is 7.89. The lowest BCUT2D eigenvalue weighted by Gasteiger charge is -2.24. The van der Waals surface area contributed by atoms with Crippen LogP contribution >= 0.6 is 0 Å². The number of aromatic nitrogens is 1. The van der Waals surface area contributed by atoms with Crippen LogP contribution in [0, 0.1) is 0 Å². The molecule has 1 aromatic heterocycles. The Morgan fingerprint density at radius 1 is 1.53 bits per heavy atom. The summed E-state index contributed by atoms with van der Waals surface area (Å²) < 4.78 is 22.1. The van der Waals surface area contributed by atoms with Crippen LogP contribution in [-0.4, -0.2) is 36.8 Å². The van der Waals surface area contributed by atoms with E-state index in [9.17, 15) is 13.2 Å². The molecule has 1 aromatic rings. The molecule has 7 heteroatoms. The molecule has 96 valence electrons. The zero-order valence-electron chi connectivity index (χ0n) is 10.1. The lowest BCUT2D eigenvalue weighted by molar-refractivity contribution is 0.0711. The molecule has 0 saturated carbocycles. The Hall–Kier alpha value is -1.34. The lowest BCUT2D eigenvalue weighted by atomic mass is 10.3. The van der Waals surface area contributed by atoms with Crippen molar-refractivity contribution in [2.24, 2.45) is 5.14 Å². The Labute approximate surface area is 101 Å². The third kappa shape index (κ3) is 3.07. The van der Waals surface area contributed by atoms with Gasteiger partial charge in [0.2, 0.25) is 10.0 Å². The zero-order chi connectivity index (χ0) is 13.2. The highest BCUT2D eigenvalue weighted by Gasteiger charge is 2.20. The van der Waals surface area contributed by atoms with Crippen LogP contribution in [-0.2, 0) is 10.0 Å². The largest absolute Gasteiger partial charge is 0.356 e. The van der Waals surface area contributed by atoms with Crippen molar-refractivity contribution in [3.8, 4) is 0 Å². The van der Waals surface area contributed by atoms with E-state index in [1.165, 1.54) is 12.3 Å². The van der Waals surface area contributed by atoms with Crippen LogP contribution in [0.3, 0.4) is 0 Å². The van der Waals surface area contributed by atoms with Crippen molar-refractivity contribution in [1.29, 1.82) is 0 Å². The van der Waals surface area contributed by atoms with Crippen molar-refractivity contribution in [1.82, 2.24) is 9.88 Å². The van der Waals surface area contributed by atoms with E-state index in [-0.39, 0.29) is 22.5 Å². The Kier molecular flexibility index (Phi) is 3.94. The van der Waals surface area contributed by atoms with Gasteiger partial charge in [0.1, 0.15) is 5.69 Å². The molecule has 3 N–H and O–H groups in total. The van der Waals surface area contributed by atoms with Gasteiger partial charge in [0.15, 0.2) is 0 Å². The maximum Gasteiger partial charge on any atom is 0.270 e. The average Bonchev–Trinajstić information content (AvgIpc) is 2.65. The summed E-state index contributed by atoms with van der Waals surface area (Å²) in [7, 11) is -3.77. The molecule has 0 aliphatic rings. The van der Waals surface area contributed by atoms with E-state index in [0.717, 1.165) is 0 Å². The smallest absolute Gasteiger partial charge is 0.270 e. The van der Waals surface area contributed by atoms with Gasteiger partial charge in [-0.1, -0.05) is 0 Å². The Morgan fingerprint density at radius 2 is 2.12 bits per heavy atom. The number of primary sulfonamides is 1. The minimum Gasteiger partial charge on any atom is -0.356 e. The first kappa shape index (κ1) is 13.7. The number of hydrogen-bond acceptors (Lipinski definition) is 3. The number of rotatable bonds is 4. The Balaban J connectivity index is 3.02. The zero-order valence-corrected chi connectivity index (χ0v) is 10.9. The molecule has 1 rings (SSSR count). The summed E-state index contributed by atoms with van der Waals surface area (Å²) >= 11 is 0. The van der Waals surface area contributed by atoms with E-state index in [1.54, 1.807) is 4.90 Å². The highest BCUT2D eigenvalue weighted by Crippen LogP contribution is 2.12. The second-order valence-corrected chi connectivity index (χ2v) is 5.54. The molecule has 6 nitrogen and oxygen atoms in total. The summed E-state index contributed by atoms with van der Waals surface area (Å²) in [5.74, 6) is -0.239. The highest BCUT2D eigenvalue weighted by atomic mass is 32.2. The van der Waals surface area contributed by atoms with E-state index in [0.29, 0.717) is 6.54 Å². The second-order valence-electron chi connectivity index (χ2n) is 3.98. The normalized spacial score (nSPS) is 11.8. The van der Waals surface area contributed by atoms with Crippen molar-refractivity contribution in [2.75, 3.05) is 6.54 Å². The first-order chi connectivity index (χ1) is 7.77. The van der Waals surface area contributed by atoms with Crippen LogP contribution in [0.4, 0.5) is 0 Å². The summed E-state index contributed by atoms with van der Waals surface area (Å²) in [6, 6.07) is 1.30. The molecule has 0 radical (unpaired) electrons. The summed E-state index contributed by atoms with van der Waals surface area (Å²) in [6.45, 7) is 6.21. The third-order valence-electron chi connectivity index (χ3n) is 2.44. The first-order valence-corrected chi connectivity index (χ1v) is 6.84. The number of aromatic amines is 1. The van der Waals surface area contributed by atoms with Crippen LogP contribution in [0.1, 0.15) is 31.3 Å². The number of carbonyl (C=O) groups excluding carboxylic acids is 1. The number of amides is 1. The molecule has 0 atom stereocenters. The maximum atomic E-state index is 12.0. The molecule has 0 bridgehead atoms. The number of nitrogens with one attached hydrogen (secondary N) is 1. The molecular weight excluding hydrogens is 242 g/mol. The predicted molar refractivity (Wildman–Crippen MR) is 64.0 cm³/mol. The minimum absolute atomic E-state index is 0.0498. The molecule has 0 aliphatic carbocycles. The van der Waals surface area contributed by atoms with E-state index >= 15 is 0 Å². The van der Waals surface area contributed by atoms with E-state index in [1.807, 2.05) is 20.8 Å². The molecule has 0 unspecified atom stereocenters. The van der Waals surface area contributed by atoms with Crippen LogP contribution in [0.2, 0.25) is 0 Å². The van der Waals surface area contributed by atoms with Crippen LogP contribution < -0.4 is 5.14 Å². The van der Waals surface area contributed by atoms with Crippen molar-refractivity contribution in [2.45, 2.75) is 31.7 Å². The molecule has 0 saturated heterocycles. The van der Waals surface area contributed by atoms with Crippen LogP contribution in [0.5, 0.6) is 0 Å². The van der Waals surface area contributed by atoms with Gasteiger partial charge in [0, 0.05) is 18.8 Å². The molecule has 1 amide bonds. The van der Waals surface area contributed by atoms with E-state index in [2.05, 4.69) is 4.98 Å². The number of H-pyrrole nitrogens is 1. The summed E-state index contributed by atoms with van der Waals surface area (Å²) in [6.07, 6.45) is 1.22. The van der Waals surface area contributed by atoms with Crippen LogP contribution in [0.25, 0.3) is 0 Å². The van der Waals surface area contributed by atoms with Gasteiger partial charge in [-0.15, -0.1) is 0 Å². The monoisotopic (exact) mass is 259 g/mol. The van der Waals surface area contributed by atoms with Crippen molar-refractivity contribution < 1.29 is 13.2 Å². The van der Waals surface area contributed by atoms with Gasteiger partial charge < -0.3 is 9.88 Å². The summed E-state index contributed by atoms with van der Waals surface area (Å²) in [5, 5.41) is 4.97. The fraction of sp³-hybridized carbons (Fsp3) is 0.500. The number of hydrogen-bond donors (Lipinski definition) is 2. The van der Waals surface area contributed by atoms with Crippen molar-refractivity contribution in [3.63, 3.8) is 0 Å². The van der Waals surface area contributed by atoms with Crippen molar-refractivity contribution in [3.05, 3.63) is 18.0 Å². The fourth-order valence-corrected chi connectivity index (χ4v) is 2.07. The topological polar surface area (TPSA) is 96.3 Å². The molecule has 0 aliphatic heterocycles. The molecule has 0 aromatic carbocycles. The quantitative estimate of drug-likeness (QED) is 0.825. The lowest BCUT2D eigenvalue weighted by Crippen LogP contribution is -2.36. The standard InChI is InChI=1S/C10H17N3O3S/c1-4-13(7(2)3)10(14)9-5-8(6-12-9)17(11,15)16/h5-7,12H,4H2,1-3H3,(H2,11,15,16). The number of nitrogens with two attached hydrogens (primary N) is 1. The summed E-state index contributed by atoms with van der Waals surface area (Å²) in [4.78, 5) is 16.2. The van der Waals surface area contributed by atoms with Gasteiger partial charge in [-0.25, -0.2) is 13.6 Å². The third-order valence-corrected chi connectivity index (χ3v) is 3.33. The van der Waals surface area contributed by atoms with Gasteiger partial charge in [-0.2, -0.15) is 0 Å². The molecule has 1 heterocycles. The fourth-order valence-electron chi connectivity index (χ4n) is 1.56. The van der Waals surface area contributed by atoms with Gasteiger partial charge in [0.25, 0.3) is 5.91 Å². The maximum absolute atomic E-state index is 12.0. The SMILES string of the molecule is CCN(C(=O)c1cc(S(N)(=O)=O)c[nH]1)C(C)C. The predicted octanol–water partition coefficient (Wildman–Crippen LogP) is 0.533. The Bertz CT molecular complexity index is 505. The summed E-state index contributed by atoms with van der Waals surface area (Å²) in [5.41, 5.74) is 0.226. The van der Waals surface area contributed by atoms with Crippen molar-refractivity contribution >= 4 is 15.9 Å². The Morgan fingerprint density at radius 3 is 2.47 bits per heavy atom. The molecule has 0 fully saturated rings. The van der Waals surface area contributed by atoms with Gasteiger partial charge in [-0.3, -0.25) is 4.79 Å². The number of sulfonamides is 1. The van der Waals surface area contributed by atoms with Gasteiger partial charge in [-0.05, 0) is 26.8 Å². The van der Waals surface area contributed by atoms with E-state index in [4.69, 9.17) is 5.14 Å². The van der Waals surface area contributed by atoms with Gasteiger partial charge >= 0.3 is 0 Å². The van der Waals surface area contributed by atoms with Crippen LogP contribution in [0.15, 0.2) is 17.2 Å². The second kappa shape index (κ2) is 4.89. The average molecular weight is 259 g/mol. The van der Waals surface area contributed by atoms with E-state index < -0.39 is 10.0 Å². The molecule has 0 spiro atoms. The number of nitrogens with zero attached hydrogens (tertiary/aromatic N) is 1. The number of carbonyl (C=O) groups is 1. The van der Waals surface area contributed by atoms with Gasteiger partial charge in [0.05, 0.1) is 4.90 Å².